The standard InChI is InChI=1S/C12H16N2O3/c1-3-8(2)6-14-11(15)9-4-5-10(12(16)17)13-7-9/h4-5,7-8H,3,6H2,1-2H3,(H,14,15)(H,16,17). The second kappa shape index (κ2) is 5.98. The van der Waals surface area contributed by atoms with Crippen LogP contribution in [-0.4, -0.2) is 28.5 Å². The maximum Gasteiger partial charge on any atom is 0.354 e. The fourth-order valence-electron chi connectivity index (χ4n) is 1.17. The van der Waals surface area contributed by atoms with Crippen molar-refractivity contribution < 1.29 is 14.7 Å². The van der Waals surface area contributed by atoms with Crippen LogP contribution in [-0.2, 0) is 0 Å². The van der Waals surface area contributed by atoms with E-state index in [9.17, 15) is 9.59 Å². The summed E-state index contributed by atoms with van der Waals surface area (Å²) in [5.41, 5.74) is 0.307. The Balaban J connectivity index is 2.61. The van der Waals surface area contributed by atoms with Gasteiger partial charge in [0.1, 0.15) is 5.69 Å². The van der Waals surface area contributed by atoms with Crippen LogP contribution < -0.4 is 5.32 Å². The summed E-state index contributed by atoms with van der Waals surface area (Å²) < 4.78 is 0. The highest BCUT2D eigenvalue weighted by molar-refractivity contribution is 5.94. The van der Waals surface area contributed by atoms with Gasteiger partial charge < -0.3 is 10.4 Å². The molecule has 0 radical (unpaired) electrons. The number of carbonyl (C=O) groups is 2. The Hall–Kier alpha value is -1.91. The zero-order chi connectivity index (χ0) is 12.8. The van der Waals surface area contributed by atoms with Gasteiger partial charge in [0.2, 0.25) is 0 Å². The first-order valence-corrected chi connectivity index (χ1v) is 5.52. The molecule has 5 nitrogen and oxygen atoms in total. The summed E-state index contributed by atoms with van der Waals surface area (Å²) in [4.78, 5) is 25.9. The molecule has 1 unspecified atom stereocenters. The highest BCUT2D eigenvalue weighted by Crippen LogP contribution is 2.02. The molecule has 0 fully saturated rings. The minimum absolute atomic E-state index is 0.0662. The van der Waals surface area contributed by atoms with Gasteiger partial charge in [-0.1, -0.05) is 20.3 Å². The molecule has 1 heterocycles. The van der Waals surface area contributed by atoms with Gasteiger partial charge in [-0.2, -0.15) is 0 Å². The molecule has 1 amide bonds. The number of carboxylic acid groups (broad SMARTS) is 1. The van der Waals surface area contributed by atoms with Crippen LogP contribution in [0.15, 0.2) is 18.3 Å². The number of nitrogens with zero attached hydrogens (tertiary/aromatic N) is 1. The molecule has 0 bridgehead atoms. The average molecular weight is 236 g/mol. The lowest BCUT2D eigenvalue weighted by Gasteiger charge is -2.09. The molecular weight excluding hydrogens is 220 g/mol. The van der Waals surface area contributed by atoms with Gasteiger partial charge in [-0.3, -0.25) is 4.79 Å². The smallest absolute Gasteiger partial charge is 0.354 e. The highest BCUT2D eigenvalue weighted by atomic mass is 16.4. The normalized spacial score (nSPS) is 11.9. The lowest BCUT2D eigenvalue weighted by molar-refractivity contribution is 0.0689. The third kappa shape index (κ3) is 3.86. The van der Waals surface area contributed by atoms with Crippen LogP contribution in [0, 0.1) is 5.92 Å². The molecule has 0 spiro atoms. The largest absolute Gasteiger partial charge is 0.477 e. The summed E-state index contributed by atoms with van der Waals surface area (Å²) in [5.74, 6) is -0.906. The SMILES string of the molecule is CCC(C)CNC(=O)c1ccc(C(=O)O)nc1. The molecule has 1 aromatic rings. The van der Waals surface area contributed by atoms with E-state index in [1.807, 2.05) is 6.92 Å². The number of carboxylic acids is 1. The van der Waals surface area contributed by atoms with Crippen molar-refractivity contribution in [1.82, 2.24) is 10.3 Å². The maximum absolute atomic E-state index is 11.6. The molecule has 0 aliphatic heterocycles. The van der Waals surface area contributed by atoms with Gasteiger partial charge in [0.25, 0.3) is 5.91 Å². The summed E-state index contributed by atoms with van der Waals surface area (Å²) in [7, 11) is 0. The monoisotopic (exact) mass is 236 g/mol. The predicted octanol–water partition coefficient (Wildman–Crippen LogP) is 1.56. The minimum atomic E-state index is -1.10. The van der Waals surface area contributed by atoms with Gasteiger partial charge >= 0.3 is 5.97 Å². The molecule has 5 heteroatoms. The topological polar surface area (TPSA) is 79.3 Å². The Kier molecular flexibility index (Phi) is 4.63. The van der Waals surface area contributed by atoms with Crippen molar-refractivity contribution in [3.05, 3.63) is 29.6 Å². The highest BCUT2D eigenvalue weighted by Gasteiger charge is 2.09. The number of aromatic carboxylic acids is 1. The van der Waals surface area contributed by atoms with Crippen LogP contribution in [0.4, 0.5) is 0 Å². The summed E-state index contributed by atoms with van der Waals surface area (Å²) in [5, 5.41) is 11.4. The van der Waals surface area contributed by atoms with Gasteiger partial charge in [0.05, 0.1) is 5.56 Å². The van der Waals surface area contributed by atoms with Crippen LogP contribution in [0.3, 0.4) is 0 Å². The first kappa shape index (κ1) is 13.2. The van der Waals surface area contributed by atoms with Crippen LogP contribution in [0.5, 0.6) is 0 Å². The molecule has 1 atom stereocenters. The number of hydrogen-bond donors (Lipinski definition) is 2. The fraction of sp³-hybridized carbons (Fsp3) is 0.417. The van der Waals surface area contributed by atoms with E-state index in [4.69, 9.17) is 5.11 Å². The van der Waals surface area contributed by atoms with Gasteiger partial charge in [-0.05, 0) is 18.1 Å². The van der Waals surface area contributed by atoms with Crippen LogP contribution in [0.2, 0.25) is 0 Å². The number of rotatable bonds is 5. The van der Waals surface area contributed by atoms with Gasteiger partial charge in [0, 0.05) is 12.7 Å². The zero-order valence-electron chi connectivity index (χ0n) is 9.93. The van der Waals surface area contributed by atoms with Crippen LogP contribution in [0.1, 0.15) is 41.1 Å². The van der Waals surface area contributed by atoms with Crippen LogP contribution >= 0.6 is 0 Å². The van der Waals surface area contributed by atoms with Crippen molar-refractivity contribution in [2.75, 3.05) is 6.54 Å². The van der Waals surface area contributed by atoms with Crippen molar-refractivity contribution in [3.63, 3.8) is 0 Å². The zero-order valence-corrected chi connectivity index (χ0v) is 9.93. The van der Waals surface area contributed by atoms with Gasteiger partial charge in [-0.15, -0.1) is 0 Å². The van der Waals surface area contributed by atoms with Gasteiger partial charge in [0.15, 0.2) is 0 Å². The molecule has 0 aliphatic carbocycles. The molecule has 0 aromatic carbocycles. The number of aromatic nitrogens is 1. The van der Waals surface area contributed by atoms with E-state index >= 15 is 0 Å². The molecule has 0 aliphatic rings. The Morgan fingerprint density at radius 3 is 2.65 bits per heavy atom. The second-order valence-electron chi connectivity index (χ2n) is 3.96. The van der Waals surface area contributed by atoms with Gasteiger partial charge in [-0.25, -0.2) is 9.78 Å². The van der Waals surface area contributed by atoms with E-state index in [0.29, 0.717) is 18.0 Å². The third-order valence-corrected chi connectivity index (χ3v) is 2.55. The van der Waals surface area contributed by atoms with E-state index < -0.39 is 5.97 Å². The van der Waals surface area contributed by atoms with E-state index in [1.54, 1.807) is 0 Å². The molecular formula is C12H16N2O3. The quantitative estimate of drug-likeness (QED) is 0.813. The summed E-state index contributed by atoms with van der Waals surface area (Å²) in [6.45, 7) is 4.71. The molecule has 2 N–H and O–H groups in total. The van der Waals surface area contributed by atoms with Crippen LogP contribution in [0.25, 0.3) is 0 Å². The number of nitrogens with one attached hydrogen (secondary N) is 1. The maximum atomic E-state index is 11.6. The molecule has 1 rings (SSSR count). The van der Waals surface area contributed by atoms with E-state index in [0.717, 1.165) is 6.42 Å². The lowest BCUT2D eigenvalue weighted by Crippen LogP contribution is -2.28. The second-order valence-corrected chi connectivity index (χ2v) is 3.96. The van der Waals surface area contributed by atoms with Crippen molar-refractivity contribution >= 4 is 11.9 Å². The minimum Gasteiger partial charge on any atom is -0.477 e. The van der Waals surface area contributed by atoms with E-state index in [-0.39, 0.29) is 11.6 Å². The average Bonchev–Trinajstić information content (AvgIpc) is 2.35. The Morgan fingerprint density at radius 1 is 1.47 bits per heavy atom. The predicted molar refractivity (Wildman–Crippen MR) is 63.0 cm³/mol. The summed E-state index contributed by atoms with van der Waals surface area (Å²) in [6, 6.07) is 2.78. The molecule has 92 valence electrons. The molecule has 0 saturated carbocycles. The first-order valence-electron chi connectivity index (χ1n) is 5.52. The Bertz CT molecular complexity index is 401. The van der Waals surface area contributed by atoms with E-state index in [2.05, 4.69) is 17.2 Å². The van der Waals surface area contributed by atoms with Crippen molar-refractivity contribution in [2.45, 2.75) is 20.3 Å². The Labute approximate surface area is 99.9 Å². The summed E-state index contributed by atoms with van der Waals surface area (Å²) in [6.07, 6.45) is 2.27. The Morgan fingerprint density at radius 2 is 2.18 bits per heavy atom. The molecule has 0 saturated heterocycles. The molecule has 17 heavy (non-hydrogen) atoms. The van der Waals surface area contributed by atoms with Crippen molar-refractivity contribution in [3.8, 4) is 0 Å². The number of hydrogen-bond acceptors (Lipinski definition) is 3. The number of amides is 1. The molecule has 1 aromatic heterocycles. The first-order chi connectivity index (χ1) is 8.04. The number of carbonyl (C=O) groups excluding carboxylic acids is 1. The third-order valence-electron chi connectivity index (χ3n) is 2.55. The van der Waals surface area contributed by atoms with Crippen molar-refractivity contribution in [1.29, 1.82) is 0 Å². The van der Waals surface area contributed by atoms with Crippen molar-refractivity contribution in [2.24, 2.45) is 5.92 Å². The van der Waals surface area contributed by atoms with E-state index in [1.165, 1.54) is 18.3 Å². The summed E-state index contributed by atoms with van der Waals surface area (Å²) >= 11 is 0. The fourth-order valence-corrected chi connectivity index (χ4v) is 1.17. The number of pyridine rings is 1. The lowest BCUT2D eigenvalue weighted by atomic mass is 10.1.